The molecule has 5 heteroatoms. The fraction of sp³-hybridized carbons (Fsp3) is 0.462. The molecule has 0 amide bonds. The van der Waals surface area contributed by atoms with Crippen LogP contribution in [0.15, 0.2) is 18.2 Å². The summed E-state index contributed by atoms with van der Waals surface area (Å²) in [4.78, 5) is 11.5. The van der Waals surface area contributed by atoms with E-state index in [4.69, 9.17) is 9.47 Å². The molecule has 2 rings (SSSR count). The zero-order valence-electron chi connectivity index (χ0n) is 10.7. The third kappa shape index (κ3) is 2.62. The van der Waals surface area contributed by atoms with Crippen LogP contribution in [0.1, 0.15) is 18.5 Å². The molecule has 18 heavy (non-hydrogen) atoms. The molecule has 0 spiro atoms. The molecule has 1 saturated heterocycles. The van der Waals surface area contributed by atoms with Crippen molar-refractivity contribution in [1.82, 2.24) is 5.32 Å². The van der Waals surface area contributed by atoms with E-state index in [9.17, 15) is 4.79 Å². The van der Waals surface area contributed by atoms with Crippen LogP contribution in [0.25, 0.3) is 0 Å². The van der Waals surface area contributed by atoms with Gasteiger partial charge in [0.05, 0.1) is 20.3 Å². The molecule has 2 atom stereocenters. The molecule has 1 aromatic carbocycles. The molecule has 1 aliphatic heterocycles. The summed E-state index contributed by atoms with van der Waals surface area (Å²) in [5.74, 6) is 2.28. The van der Waals surface area contributed by atoms with Gasteiger partial charge < -0.3 is 9.47 Å². The van der Waals surface area contributed by atoms with Crippen LogP contribution in [0.3, 0.4) is 0 Å². The number of nitrogens with one attached hydrogen (secondary N) is 1. The molecular weight excluding hydrogens is 250 g/mol. The van der Waals surface area contributed by atoms with Crippen LogP contribution in [-0.2, 0) is 4.79 Å². The molecule has 1 N–H and O–H groups in total. The van der Waals surface area contributed by atoms with Crippen molar-refractivity contribution in [2.24, 2.45) is 0 Å². The van der Waals surface area contributed by atoms with Crippen LogP contribution >= 0.6 is 11.8 Å². The fourth-order valence-electron chi connectivity index (χ4n) is 1.99. The van der Waals surface area contributed by atoms with Gasteiger partial charge in [0.2, 0.25) is 5.12 Å². The standard InChI is InChI=1S/C13H17NO3S/c1-8-13(15)18-7-11(14-8)10-5-4-9(16-2)6-12(10)17-3/h4-6,8,11,14H,7H2,1-3H3. The maximum Gasteiger partial charge on any atom is 0.205 e. The second-order valence-electron chi connectivity index (χ2n) is 4.18. The van der Waals surface area contributed by atoms with Crippen molar-refractivity contribution in [1.29, 1.82) is 0 Å². The van der Waals surface area contributed by atoms with E-state index < -0.39 is 0 Å². The van der Waals surface area contributed by atoms with E-state index in [1.165, 1.54) is 11.8 Å². The van der Waals surface area contributed by atoms with Gasteiger partial charge in [-0.3, -0.25) is 10.1 Å². The summed E-state index contributed by atoms with van der Waals surface area (Å²) in [5.41, 5.74) is 1.06. The maximum atomic E-state index is 11.5. The number of thioether (sulfide) groups is 1. The van der Waals surface area contributed by atoms with Crippen LogP contribution in [0, 0.1) is 0 Å². The van der Waals surface area contributed by atoms with Crippen molar-refractivity contribution in [2.45, 2.75) is 19.0 Å². The van der Waals surface area contributed by atoms with E-state index in [0.717, 1.165) is 22.8 Å². The highest BCUT2D eigenvalue weighted by molar-refractivity contribution is 8.13. The topological polar surface area (TPSA) is 47.6 Å². The van der Waals surface area contributed by atoms with E-state index in [2.05, 4.69) is 5.32 Å². The van der Waals surface area contributed by atoms with Crippen LogP contribution < -0.4 is 14.8 Å². The van der Waals surface area contributed by atoms with Crippen molar-refractivity contribution >= 4 is 16.9 Å². The first-order valence-electron chi connectivity index (χ1n) is 5.80. The quantitative estimate of drug-likeness (QED) is 0.907. The summed E-state index contributed by atoms with van der Waals surface area (Å²) in [6.45, 7) is 1.89. The Balaban J connectivity index is 2.25. The minimum atomic E-state index is -0.124. The van der Waals surface area contributed by atoms with Crippen molar-refractivity contribution < 1.29 is 14.3 Å². The first-order chi connectivity index (χ1) is 8.65. The second-order valence-corrected chi connectivity index (χ2v) is 5.20. The molecule has 1 aromatic rings. The van der Waals surface area contributed by atoms with E-state index in [0.29, 0.717) is 0 Å². The van der Waals surface area contributed by atoms with Gasteiger partial charge in [-0.2, -0.15) is 0 Å². The van der Waals surface area contributed by atoms with Gasteiger partial charge in [0.25, 0.3) is 0 Å². The summed E-state index contributed by atoms with van der Waals surface area (Å²) in [6.07, 6.45) is 0. The van der Waals surface area contributed by atoms with Crippen molar-refractivity contribution in [3.8, 4) is 11.5 Å². The number of benzene rings is 1. The van der Waals surface area contributed by atoms with Gasteiger partial charge in [-0.25, -0.2) is 0 Å². The molecule has 98 valence electrons. The van der Waals surface area contributed by atoms with Gasteiger partial charge in [-0.1, -0.05) is 17.8 Å². The van der Waals surface area contributed by atoms with Gasteiger partial charge in [0.15, 0.2) is 0 Å². The van der Waals surface area contributed by atoms with Gasteiger partial charge in [-0.15, -0.1) is 0 Å². The summed E-state index contributed by atoms with van der Waals surface area (Å²) < 4.78 is 10.6. The zero-order chi connectivity index (χ0) is 13.1. The molecular formula is C13H17NO3S. The number of carbonyl (C=O) groups excluding carboxylic acids is 1. The van der Waals surface area contributed by atoms with Crippen LogP contribution in [0.5, 0.6) is 11.5 Å². The molecule has 0 aliphatic carbocycles. The molecule has 0 saturated carbocycles. The third-order valence-corrected chi connectivity index (χ3v) is 4.15. The number of rotatable bonds is 3. The molecule has 0 radical (unpaired) electrons. The Kier molecular flexibility index (Phi) is 4.14. The van der Waals surface area contributed by atoms with Gasteiger partial charge in [0, 0.05) is 23.4 Å². The van der Waals surface area contributed by atoms with E-state index in [-0.39, 0.29) is 17.2 Å². The average molecular weight is 267 g/mol. The monoisotopic (exact) mass is 267 g/mol. The Hall–Kier alpha value is -1.20. The van der Waals surface area contributed by atoms with Crippen LogP contribution in [0.4, 0.5) is 0 Å². The number of hydrogen-bond donors (Lipinski definition) is 1. The third-order valence-electron chi connectivity index (χ3n) is 3.01. The largest absolute Gasteiger partial charge is 0.497 e. The lowest BCUT2D eigenvalue weighted by molar-refractivity contribution is -0.112. The highest BCUT2D eigenvalue weighted by Crippen LogP contribution is 2.33. The molecule has 0 aromatic heterocycles. The first-order valence-corrected chi connectivity index (χ1v) is 6.79. The normalized spacial score (nSPS) is 23.8. The minimum absolute atomic E-state index is 0.124. The minimum Gasteiger partial charge on any atom is -0.497 e. The Morgan fingerprint density at radius 1 is 1.33 bits per heavy atom. The molecule has 1 aliphatic rings. The van der Waals surface area contributed by atoms with Crippen molar-refractivity contribution in [2.75, 3.05) is 20.0 Å². The highest BCUT2D eigenvalue weighted by Gasteiger charge is 2.28. The van der Waals surface area contributed by atoms with Gasteiger partial charge >= 0.3 is 0 Å². The molecule has 0 bridgehead atoms. The summed E-state index contributed by atoms with van der Waals surface area (Å²) >= 11 is 1.37. The van der Waals surface area contributed by atoms with E-state index in [1.807, 2.05) is 25.1 Å². The van der Waals surface area contributed by atoms with E-state index >= 15 is 0 Å². The lowest BCUT2D eigenvalue weighted by Gasteiger charge is -2.28. The lowest BCUT2D eigenvalue weighted by atomic mass is 10.1. The van der Waals surface area contributed by atoms with Crippen molar-refractivity contribution in [3.05, 3.63) is 23.8 Å². The van der Waals surface area contributed by atoms with Crippen molar-refractivity contribution in [3.63, 3.8) is 0 Å². The van der Waals surface area contributed by atoms with Gasteiger partial charge in [-0.05, 0) is 13.0 Å². The lowest BCUT2D eigenvalue weighted by Crippen LogP contribution is -2.41. The molecule has 1 heterocycles. The zero-order valence-corrected chi connectivity index (χ0v) is 11.5. The van der Waals surface area contributed by atoms with Crippen LogP contribution in [0.2, 0.25) is 0 Å². The van der Waals surface area contributed by atoms with Gasteiger partial charge in [0.1, 0.15) is 11.5 Å². The number of methoxy groups -OCH3 is 2. The van der Waals surface area contributed by atoms with E-state index in [1.54, 1.807) is 14.2 Å². The van der Waals surface area contributed by atoms with Crippen LogP contribution in [-0.4, -0.2) is 31.1 Å². The Bertz CT molecular complexity index is 450. The summed E-state index contributed by atoms with van der Waals surface area (Å²) in [7, 11) is 3.27. The predicted molar refractivity (Wildman–Crippen MR) is 72.3 cm³/mol. The Morgan fingerprint density at radius 2 is 2.11 bits per heavy atom. The number of ether oxygens (including phenoxy) is 2. The second kappa shape index (κ2) is 5.63. The molecule has 1 fully saturated rings. The number of carbonyl (C=O) groups is 1. The number of hydrogen-bond acceptors (Lipinski definition) is 5. The Morgan fingerprint density at radius 3 is 2.72 bits per heavy atom. The summed E-state index contributed by atoms with van der Waals surface area (Å²) in [6, 6.07) is 5.76. The SMILES string of the molecule is COc1ccc(C2CSC(=O)C(C)N2)c(OC)c1. The Labute approximate surface area is 111 Å². The predicted octanol–water partition coefficient (Wildman–Crippen LogP) is 2.00. The average Bonchev–Trinajstić information content (AvgIpc) is 2.41. The smallest absolute Gasteiger partial charge is 0.205 e. The molecule has 4 nitrogen and oxygen atoms in total. The molecule has 2 unspecified atom stereocenters. The maximum absolute atomic E-state index is 11.5. The fourth-order valence-corrected chi connectivity index (χ4v) is 2.92. The summed E-state index contributed by atoms with van der Waals surface area (Å²) in [5, 5.41) is 3.50. The highest BCUT2D eigenvalue weighted by atomic mass is 32.2. The first kappa shape index (κ1) is 13.2.